The fourth-order valence-corrected chi connectivity index (χ4v) is 6.50. The van der Waals surface area contributed by atoms with Gasteiger partial charge in [-0.05, 0) is 93.4 Å². The Bertz CT molecular complexity index is 669. The van der Waals surface area contributed by atoms with Crippen molar-refractivity contribution in [1.82, 2.24) is 0 Å². The van der Waals surface area contributed by atoms with E-state index in [2.05, 4.69) is 11.8 Å². The Morgan fingerprint density at radius 2 is 1.44 bits per heavy atom. The molecule has 0 aromatic heterocycles. The number of hydrogen-bond donors (Lipinski definition) is 0. The Labute approximate surface area is 194 Å². The molecular weight excluding hydrogens is 404 g/mol. The van der Waals surface area contributed by atoms with E-state index >= 15 is 0 Å². The Kier molecular flexibility index (Phi) is 8.34. The second-order valence-corrected chi connectivity index (χ2v) is 10.7. The van der Waals surface area contributed by atoms with Gasteiger partial charge in [0.25, 0.3) is 0 Å². The fourth-order valence-electron chi connectivity index (χ4n) is 6.50. The predicted octanol–water partition coefficient (Wildman–Crippen LogP) is 8.45. The van der Waals surface area contributed by atoms with Crippen molar-refractivity contribution in [2.45, 2.75) is 103 Å². The third-order valence-corrected chi connectivity index (χ3v) is 8.58. The van der Waals surface area contributed by atoms with Gasteiger partial charge in [-0.3, -0.25) is 0 Å². The molecule has 1 aliphatic heterocycles. The highest BCUT2D eigenvalue weighted by Gasteiger charge is 2.45. The van der Waals surface area contributed by atoms with E-state index in [1.165, 1.54) is 64.2 Å². The van der Waals surface area contributed by atoms with Gasteiger partial charge < -0.3 is 9.64 Å². The van der Waals surface area contributed by atoms with Crippen LogP contribution in [0.2, 0.25) is 0 Å². The molecule has 2 nitrogen and oxygen atoms in total. The lowest BCUT2D eigenvalue weighted by atomic mass is 9.68. The average molecular weight is 448 g/mol. The molecular formula is C28H43F2NO. The van der Waals surface area contributed by atoms with Gasteiger partial charge in [-0.15, -0.1) is 0 Å². The highest BCUT2D eigenvalue weighted by Crippen LogP contribution is 2.46. The van der Waals surface area contributed by atoms with Crippen molar-refractivity contribution in [3.8, 4) is 5.75 Å². The van der Waals surface area contributed by atoms with E-state index in [1.807, 2.05) is 12.1 Å². The van der Waals surface area contributed by atoms with Crippen molar-refractivity contribution in [1.29, 1.82) is 0 Å². The van der Waals surface area contributed by atoms with Crippen LogP contribution in [0.1, 0.15) is 96.8 Å². The zero-order valence-corrected chi connectivity index (χ0v) is 20.0. The van der Waals surface area contributed by atoms with E-state index in [9.17, 15) is 8.78 Å². The van der Waals surface area contributed by atoms with Crippen molar-refractivity contribution in [3.63, 3.8) is 0 Å². The summed E-state index contributed by atoms with van der Waals surface area (Å²) in [5.41, 5.74) is 1.11. The van der Waals surface area contributed by atoms with Crippen molar-refractivity contribution in [2.75, 3.05) is 18.0 Å². The summed E-state index contributed by atoms with van der Waals surface area (Å²) >= 11 is 0. The molecule has 0 amide bonds. The van der Waals surface area contributed by atoms with Gasteiger partial charge in [-0.25, -0.2) is 0 Å². The van der Waals surface area contributed by atoms with Gasteiger partial charge in [0, 0.05) is 18.8 Å². The van der Waals surface area contributed by atoms with Crippen LogP contribution in [-0.4, -0.2) is 19.2 Å². The molecule has 0 radical (unpaired) electrons. The minimum atomic E-state index is -3.07. The molecule has 32 heavy (non-hydrogen) atoms. The van der Waals surface area contributed by atoms with E-state index in [0.717, 1.165) is 43.5 Å². The van der Waals surface area contributed by atoms with Crippen LogP contribution in [0, 0.1) is 23.7 Å². The van der Waals surface area contributed by atoms with Crippen molar-refractivity contribution >= 4 is 5.69 Å². The van der Waals surface area contributed by atoms with Crippen LogP contribution in [0.25, 0.3) is 0 Å². The Morgan fingerprint density at radius 1 is 0.844 bits per heavy atom. The summed E-state index contributed by atoms with van der Waals surface area (Å²) in [4.78, 5) is 2.31. The summed E-state index contributed by atoms with van der Waals surface area (Å²) in [5.74, 6) is 1.98. The number of alkyl halides is 2. The summed E-state index contributed by atoms with van der Waals surface area (Å²) in [7, 11) is 0. The molecule has 4 heteroatoms. The van der Waals surface area contributed by atoms with Crippen molar-refractivity contribution in [2.24, 2.45) is 23.7 Å². The minimum absolute atomic E-state index is 0.293. The molecule has 0 bridgehead atoms. The topological polar surface area (TPSA) is 12.5 Å². The molecule has 0 atom stereocenters. The molecule has 180 valence electrons. The van der Waals surface area contributed by atoms with Crippen molar-refractivity contribution < 1.29 is 13.5 Å². The highest BCUT2D eigenvalue weighted by molar-refractivity contribution is 5.49. The second-order valence-electron chi connectivity index (χ2n) is 10.7. The maximum Gasteiger partial charge on any atom is 0.400 e. The van der Waals surface area contributed by atoms with E-state index in [1.54, 1.807) is 12.1 Å². The first-order chi connectivity index (χ1) is 15.5. The Balaban J connectivity index is 1.21. The summed E-state index contributed by atoms with van der Waals surface area (Å²) in [5, 5.41) is 0. The molecule has 2 saturated carbocycles. The molecule has 0 spiro atoms. The summed E-state index contributed by atoms with van der Waals surface area (Å²) in [6, 6.07) is 7.27. The molecule has 3 aliphatic rings. The van der Waals surface area contributed by atoms with E-state index in [4.69, 9.17) is 4.74 Å². The Morgan fingerprint density at radius 3 is 2.03 bits per heavy atom. The van der Waals surface area contributed by atoms with Crippen LogP contribution in [-0.2, 0) is 0 Å². The number of anilines is 1. The first kappa shape index (κ1) is 23.8. The summed E-state index contributed by atoms with van der Waals surface area (Å²) < 4.78 is 35.1. The van der Waals surface area contributed by atoms with E-state index in [0.29, 0.717) is 24.5 Å². The lowest BCUT2D eigenvalue weighted by Gasteiger charge is -2.39. The van der Waals surface area contributed by atoms with Gasteiger partial charge in [-0.1, -0.05) is 45.4 Å². The highest BCUT2D eigenvalue weighted by atomic mass is 19.3. The van der Waals surface area contributed by atoms with Crippen LogP contribution < -0.4 is 9.64 Å². The van der Waals surface area contributed by atoms with Gasteiger partial charge in [0.2, 0.25) is 0 Å². The van der Waals surface area contributed by atoms with Crippen LogP contribution in [0.4, 0.5) is 14.5 Å². The minimum Gasteiger partial charge on any atom is -0.432 e. The third-order valence-electron chi connectivity index (χ3n) is 8.58. The number of ether oxygens (including phenoxy) is 1. The zero-order valence-electron chi connectivity index (χ0n) is 20.0. The standard InChI is InChI=1S/C28H43F2NO/c1-2-3-4-7-22-8-10-23(11-9-22)24-12-14-25(15-13-24)28(29,30)32-27-18-16-26(17-19-27)31-20-5-6-21-31/h16-19,22-25H,2-15,20-21H2,1H3. The molecule has 1 saturated heterocycles. The van der Waals surface area contributed by atoms with Crippen LogP contribution in [0.3, 0.4) is 0 Å². The number of hydrogen-bond acceptors (Lipinski definition) is 2. The normalized spacial score (nSPS) is 29.3. The molecule has 2 aliphatic carbocycles. The molecule has 1 heterocycles. The largest absolute Gasteiger partial charge is 0.432 e. The predicted molar refractivity (Wildman–Crippen MR) is 129 cm³/mol. The van der Waals surface area contributed by atoms with Crippen LogP contribution in [0.5, 0.6) is 5.75 Å². The molecule has 3 fully saturated rings. The quantitative estimate of drug-likeness (QED) is 0.352. The molecule has 0 unspecified atom stereocenters. The molecule has 1 aromatic rings. The van der Waals surface area contributed by atoms with Crippen LogP contribution >= 0.6 is 0 Å². The third kappa shape index (κ3) is 6.17. The first-order valence-corrected chi connectivity index (χ1v) is 13.5. The molecule has 0 N–H and O–H groups in total. The fraction of sp³-hybridized carbons (Fsp3) is 0.786. The van der Waals surface area contributed by atoms with Gasteiger partial charge in [-0.2, -0.15) is 8.78 Å². The number of rotatable bonds is 9. The first-order valence-electron chi connectivity index (χ1n) is 13.5. The van der Waals surface area contributed by atoms with Gasteiger partial charge in [0.1, 0.15) is 5.75 Å². The second kappa shape index (κ2) is 11.2. The lowest BCUT2D eigenvalue weighted by Crippen LogP contribution is -2.38. The molecule has 4 rings (SSSR count). The number of benzene rings is 1. The lowest BCUT2D eigenvalue weighted by molar-refractivity contribution is -0.224. The average Bonchev–Trinajstić information content (AvgIpc) is 3.35. The monoisotopic (exact) mass is 447 g/mol. The zero-order chi connectivity index (χ0) is 22.4. The molecule has 1 aromatic carbocycles. The maximum atomic E-state index is 14.9. The number of nitrogens with zero attached hydrogens (tertiary/aromatic N) is 1. The van der Waals surface area contributed by atoms with Gasteiger partial charge in [0.05, 0.1) is 5.92 Å². The smallest absolute Gasteiger partial charge is 0.400 e. The number of unbranched alkanes of at least 4 members (excludes halogenated alkanes) is 2. The van der Waals surface area contributed by atoms with E-state index < -0.39 is 12.0 Å². The van der Waals surface area contributed by atoms with Crippen LogP contribution in [0.15, 0.2) is 24.3 Å². The van der Waals surface area contributed by atoms with Gasteiger partial charge in [0.15, 0.2) is 0 Å². The van der Waals surface area contributed by atoms with Gasteiger partial charge >= 0.3 is 6.11 Å². The van der Waals surface area contributed by atoms with E-state index in [-0.39, 0.29) is 0 Å². The summed E-state index contributed by atoms with van der Waals surface area (Å²) in [6.07, 6.45) is 13.2. The van der Waals surface area contributed by atoms with Crippen molar-refractivity contribution in [3.05, 3.63) is 24.3 Å². The Hall–Kier alpha value is -1.32. The number of halogens is 2. The maximum absolute atomic E-state index is 14.9. The SMILES string of the molecule is CCCCCC1CCC(C2CCC(C(F)(F)Oc3ccc(N4CCCC4)cc3)CC2)CC1. The summed E-state index contributed by atoms with van der Waals surface area (Å²) in [6.45, 7) is 4.38.